The summed E-state index contributed by atoms with van der Waals surface area (Å²) in [6.07, 6.45) is 4.29. The molecule has 5 aromatic rings. The van der Waals surface area contributed by atoms with E-state index in [0.29, 0.717) is 5.92 Å². The third-order valence-electron chi connectivity index (χ3n) is 9.00. The fraction of sp³-hybridized carbons (Fsp3) is 0.302. The van der Waals surface area contributed by atoms with Crippen molar-refractivity contribution in [2.24, 2.45) is 17.8 Å². The molecule has 0 radical (unpaired) electrons. The Morgan fingerprint density at radius 3 is 1.28 bits per heavy atom. The van der Waals surface area contributed by atoms with Crippen LogP contribution in [0.2, 0.25) is 0 Å². The van der Waals surface area contributed by atoms with E-state index in [-0.39, 0.29) is 32.7 Å². The molecule has 4 heteroatoms. The molecule has 248 valence electrons. The van der Waals surface area contributed by atoms with E-state index in [1.807, 2.05) is 0 Å². The first kappa shape index (κ1) is 38.2. The van der Waals surface area contributed by atoms with Crippen molar-refractivity contribution in [3.63, 3.8) is 0 Å². The molecule has 0 amide bonds. The van der Waals surface area contributed by atoms with Gasteiger partial charge >= 0.3 is 0 Å². The minimum atomic E-state index is 0. The van der Waals surface area contributed by atoms with Gasteiger partial charge in [0.25, 0.3) is 0 Å². The van der Waals surface area contributed by atoms with E-state index in [9.17, 15) is 0 Å². The second-order valence-electron chi connectivity index (χ2n) is 12.9. The maximum absolute atomic E-state index is 2.39. The first-order valence-electron chi connectivity index (χ1n) is 16.7. The maximum Gasteiger partial charge on any atom is 0.161 e. The van der Waals surface area contributed by atoms with E-state index in [1.54, 1.807) is 0 Å². The normalized spacial score (nSPS) is 15.6. The Morgan fingerprint density at radius 2 is 0.915 bits per heavy atom. The Labute approximate surface area is 290 Å². The van der Waals surface area contributed by atoms with Crippen LogP contribution < -0.4 is 0 Å². The summed E-state index contributed by atoms with van der Waals surface area (Å²) in [4.78, 5) is 5.82. The van der Waals surface area contributed by atoms with Gasteiger partial charge in [-0.05, 0) is 91.1 Å². The maximum atomic E-state index is 2.39. The SMILES string of the molecule is CC(C)C1CCC(C[S+](c2ccccc2)c2ccccc2)C1.CC(C)c1ccc(C[S+](c2ccccc2)c2ccccc2)cc1.[OH-].[OH-]. The van der Waals surface area contributed by atoms with E-state index in [4.69, 9.17) is 0 Å². The van der Waals surface area contributed by atoms with Gasteiger partial charge in [-0.15, -0.1) is 0 Å². The fourth-order valence-corrected chi connectivity index (χ4v) is 10.7. The summed E-state index contributed by atoms with van der Waals surface area (Å²) in [5, 5.41) is 0. The molecule has 0 bridgehead atoms. The van der Waals surface area contributed by atoms with Gasteiger partial charge in [0.2, 0.25) is 0 Å². The van der Waals surface area contributed by atoms with E-state index >= 15 is 0 Å². The standard InChI is InChI=1S/C22H23S.C21H27S.2H2O/c1-18(2)20-15-13-19(14-16-20)17-23(21-9-5-3-6-10-21)22-11-7-4-8-12-22;1-17(2)19-14-13-18(15-19)16-22(20-9-5-3-6-10-20)21-11-7-4-8-12-21;;/h3-16,18H,17H2,1-2H3;3-12,17-19H,13-16H2,1-2H3;2*1H2/q2*+1;;/p-2. The second-order valence-corrected chi connectivity index (χ2v) is 17.0. The first-order valence-corrected chi connectivity index (χ1v) is 19.5. The molecule has 0 saturated heterocycles. The summed E-state index contributed by atoms with van der Waals surface area (Å²) >= 11 is 0. The summed E-state index contributed by atoms with van der Waals surface area (Å²) in [6.45, 7) is 9.27. The van der Waals surface area contributed by atoms with Gasteiger partial charge in [0.15, 0.2) is 19.6 Å². The molecule has 6 rings (SSSR count). The van der Waals surface area contributed by atoms with Crippen LogP contribution in [0.3, 0.4) is 0 Å². The van der Waals surface area contributed by atoms with Crippen molar-refractivity contribution in [3.8, 4) is 0 Å². The summed E-state index contributed by atoms with van der Waals surface area (Å²) in [5.74, 6) is 5.67. The summed E-state index contributed by atoms with van der Waals surface area (Å²) in [5.41, 5.74) is 2.82. The van der Waals surface area contributed by atoms with Crippen molar-refractivity contribution >= 4 is 21.8 Å². The Morgan fingerprint density at radius 1 is 0.511 bits per heavy atom. The van der Waals surface area contributed by atoms with Gasteiger partial charge in [0, 0.05) is 11.5 Å². The predicted molar refractivity (Wildman–Crippen MR) is 202 cm³/mol. The largest absolute Gasteiger partial charge is 0.870 e. The Hall–Kier alpha value is -3.28. The lowest BCUT2D eigenvalue weighted by molar-refractivity contribution is 0.385. The third kappa shape index (κ3) is 11.1. The zero-order chi connectivity index (χ0) is 31.4. The number of benzene rings is 5. The highest BCUT2D eigenvalue weighted by Gasteiger charge is 2.34. The van der Waals surface area contributed by atoms with E-state index in [2.05, 4.69) is 173 Å². The third-order valence-corrected chi connectivity index (χ3v) is 13.8. The van der Waals surface area contributed by atoms with Crippen LogP contribution in [0.15, 0.2) is 165 Å². The molecule has 2 N–H and O–H groups in total. The zero-order valence-electron chi connectivity index (χ0n) is 28.4. The molecule has 0 heterocycles. The summed E-state index contributed by atoms with van der Waals surface area (Å²) < 4.78 is 0. The molecule has 2 nitrogen and oxygen atoms in total. The van der Waals surface area contributed by atoms with Gasteiger partial charge in [-0.25, -0.2) is 0 Å². The van der Waals surface area contributed by atoms with Gasteiger partial charge in [-0.3, -0.25) is 0 Å². The molecule has 2 atom stereocenters. The molecule has 0 aliphatic heterocycles. The minimum Gasteiger partial charge on any atom is -0.870 e. The van der Waals surface area contributed by atoms with E-state index in [1.165, 1.54) is 55.7 Å². The van der Waals surface area contributed by atoms with Gasteiger partial charge in [0.05, 0.1) is 21.8 Å². The van der Waals surface area contributed by atoms with Crippen LogP contribution in [-0.4, -0.2) is 16.7 Å². The molecule has 47 heavy (non-hydrogen) atoms. The molecule has 2 unspecified atom stereocenters. The second kappa shape index (κ2) is 19.5. The predicted octanol–water partition coefficient (Wildman–Crippen LogP) is 11.5. The smallest absolute Gasteiger partial charge is 0.161 e. The quantitative estimate of drug-likeness (QED) is 0.139. The molecule has 1 aliphatic rings. The van der Waals surface area contributed by atoms with Gasteiger partial charge in [0.1, 0.15) is 11.5 Å². The molecular formula is C43H52O2S2. The van der Waals surface area contributed by atoms with Crippen LogP contribution in [0.1, 0.15) is 64.0 Å². The summed E-state index contributed by atoms with van der Waals surface area (Å²) in [6, 6.07) is 53.1. The Balaban J connectivity index is 0.000000245. The number of rotatable bonds is 10. The van der Waals surface area contributed by atoms with Crippen molar-refractivity contribution in [2.45, 2.75) is 78.2 Å². The van der Waals surface area contributed by atoms with Crippen LogP contribution in [-0.2, 0) is 27.5 Å². The first-order chi connectivity index (χ1) is 22.0. The van der Waals surface area contributed by atoms with Crippen molar-refractivity contribution in [3.05, 3.63) is 157 Å². The van der Waals surface area contributed by atoms with Crippen LogP contribution >= 0.6 is 0 Å². The van der Waals surface area contributed by atoms with E-state index < -0.39 is 0 Å². The van der Waals surface area contributed by atoms with Crippen LogP contribution in [0.5, 0.6) is 0 Å². The Bertz CT molecular complexity index is 1450. The van der Waals surface area contributed by atoms with E-state index in [0.717, 1.165) is 23.5 Å². The molecule has 1 fully saturated rings. The molecular weight excluding hydrogens is 613 g/mol. The van der Waals surface area contributed by atoms with Crippen molar-refractivity contribution in [1.29, 1.82) is 0 Å². The lowest BCUT2D eigenvalue weighted by Crippen LogP contribution is -2.16. The number of hydrogen-bond donors (Lipinski definition) is 0. The fourth-order valence-electron chi connectivity index (χ4n) is 6.24. The van der Waals surface area contributed by atoms with Crippen molar-refractivity contribution in [1.82, 2.24) is 0 Å². The summed E-state index contributed by atoms with van der Waals surface area (Å²) in [7, 11) is 0.311. The molecule has 5 aromatic carbocycles. The van der Waals surface area contributed by atoms with Gasteiger partial charge in [-0.1, -0.05) is 125 Å². The van der Waals surface area contributed by atoms with Gasteiger partial charge < -0.3 is 11.0 Å². The van der Waals surface area contributed by atoms with Crippen LogP contribution in [0, 0.1) is 17.8 Å². The molecule has 1 saturated carbocycles. The topological polar surface area (TPSA) is 60.0 Å². The Kier molecular flexibility index (Phi) is 15.9. The monoisotopic (exact) mass is 664 g/mol. The van der Waals surface area contributed by atoms with Crippen molar-refractivity contribution in [2.75, 3.05) is 5.75 Å². The zero-order valence-corrected chi connectivity index (χ0v) is 30.0. The number of hydrogen-bond acceptors (Lipinski definition) is 2. The van der Waals surface area contributed by atoms with Crippen molar-refractivity contribution < 1.29 is 11.0 Å². The average molecular weight is 665 g/mol. The van der Waals surface area contributed by atoms with Gasteiger partial charge in [-0.2, -0.15) is 0 Å². The molecule has 0 aromatic heterocycles. The van der Waals surface area contributed by atoms with Crippen LogP contribution in [0.4, 0.5) is 0 Å². The average Bonchev–Trinajstić information content (AvgIpc) is 3.57. The lowest BCUT2D eigenvalue weighted by Gasteiger charge is -2.15. The highest BCUT2D eigenvalue weighted by atomic mass is 32.2. The lowest BCUT2D eigenvalue weighted by atomic mass is 9.94. The van der Waals surface area contributed by atoms with Crippen LogP contribution in [0.25, 0.3) is 0 Å². The highest BCUT2D eigenvalue weighted by Crippen LogP contribution is 2.39. The molecule has 1 aliphatic carbocycles. The molecule has 0 spiro atoms. The minimum absolute atomic E-state index is 0. The highest BCUT2D eigenvalue weighted by molar-refractivity contribution is 7.97.